The quantitative estimate of drug-likeness (QED) is 0.697. The minimum absolute atomic E-state index is 0.0560. The van der Waals surface area contributed by atoms with Crippen molar-refractivity contribution < 1.29 is 13.9 Å². The van der Waals surface area contributed by atoms with Gasteiger partial charge < -0.3 is 4.74 Å². The van der Waals surface area contributed by atoms with Crippen LogP contribution in [0.25, 0.3) is 0 Å². The molecule has 3 nitrogen and oxygen atoms in total. The summed E-state index contributed by atoms with van der Waals surface area (Å²) in [6.07, 6.45) is 0.339. The van der Waals surface area contributed by atoms with E-state index in [0.29, 0.717) is 6.42 Å². The molecule has 0 aliphatic heterocycles. The average Bonchev–Trinajstić information content (AvgIpc) is 2.27. The van der Waals surface area contributed by atoms with Crippen LogP contribution in [-0.4, -0.2) is 13.1 Å². The molecule has 0 aliphatic carbocycles. The van der Waals surface area contributed by atoms with Gasteiger partial charge in [-0.25, -0.2) is 9.18 Å². The van der Waals surface area contributed by atoms with Crippen LogP contribution in [0.15, 0.2) is 12.1 Å². The minimum atomic E-state index is -0.636. The van der Waals surface area contributed by atoms with Gasteiger partial charge in [0.05, 0.1) is 18.2 Å². The fraction of sp³-hybridized carbons (Fsp3) is 0.273. The summed E-state index contributed by atoms with van der Waals surface area (Å²) in [5.41, 5.74) is 0.344. The van der Waals surface area contributed by atoms with Gasteiger partial charge in [0.1, 0.15) is 11.9 Å². The largest absolute Gasteiger partial charge is 0.465 e. The number of hydrogen-bond acceptors (Lipinski definition) is 3. The van der Waals surface area contributed by atoms with Crippen molar-refractivity contribution in [2.75, 3.05) is 7.11 Å². The molecule has 1 rings (SSSR count). The first-order chi connectivity index (χ1) is 7.15. The molecular formula is C11H10FNO2. The highest BCUT2D eigenvalue weighted by atomic mass is 19.1. The van der Waals surface area contributed by atoms with Gasteiger partial charge in [0.25, 0.3) is 0 Å². The zero-order valence-corrected chi connectivity index (χ0v) is 8.50. The monoisotopic (exact) mass is 207 g/mol. The van der Waals surface area contributed by atoms with Gasteiger partial charge in [-0.15, -0.1) is 0 Å². The number of carbonyl (C=O) groups is 1. The van der Waals surface area contributed by atoms with E-state index in [2.05, 4.69) is 4.74 Å². The maximum atomic E-state index is 13.6. The van der Waals surface area contributed by atoms with Crippen LogP contribution in [0.5, 0.6) is 0 Å². The van der Waals surface area contributed by atoms with Gasteiger partial charge in [-0.3, -0.25) is 0 Å². The first kappa shape index (κ1) is 11.2. The second-order valence-corrected chi connectivity index (χ2v) is 2.91. The minimum Gasteiger partial charge on any atom is -0.465 e. The van der Waals surface area contributed by atoms with Gasteiger partial charge in [0, 0.05) is 5.56 Å². The van der Waals surface area contributed by atoms with Gasteiger partial charge in [-0.1, -0.05) is 6.92 Å². The Morgan fingerprint density at radius 3 is 2.73 bits per heavy atom. The molecule has 0 bridgehead atoms. The third-order valence-electron chi connectivity index (χ3n) is 2.12. The third-order valence-corrected chi connectivity index (χ3v) is 2.12. The molecule has 0 unspecified atom stereocenters. The molecule has 0 fully saturated rings. The number of ether oxygens (including phenoxy) is 1. The molecule has 1 aromatic rings. The van der Waals surface area contributed by atoms with Crippen molar-refractivity contribution in [3.8, 4) is 6.07 Å². The average molecular weight is 207 g/mol. The van der Waals surface area contributed by atoms with E-state index in [-0.39, 0.29) is 16.7 Å². The Morgan fingerprint density at radius 1 is 1.60 bits per heavy atom. The molecule has 78 valence electrons. The number of carbonyl (C=O) groups excluding carboxylic acids is 1. The van der Waals surface area contributed by atoms with Crippen LogP contribution in [0.2, 0.25) is 0 Å². The smallest absolute Gasteiger partial charge is 0.338 e. The zero-order valence-electron chi connectivity index (χ0n) is 8.50. The summed E-state index contributed by atoms with van der Waals surface area (Å²) in [7, 11) is 1.23. The van der Waals surface area contributed by atoms with Gasteiger partial charge in [0.2, 0.25) is 0 Å². The van der Waals surface area contributed by atoms with E-state index >= 15 is 0 Å². The Bertz CT molecular complexity index is 435. The van der Waals surface area contributed by atoms with Crippen LogP contribution in [0.1, 0.15) is 28.4 Å². The number of hydrogen-bond donors (Lipinski definition) is 0. The summed E-state index contributed by atoms with van der Waals surface area (Å²) in [5.74, 6) is -1.22. The Hall–Kier alpha value is -1.89. The van der Waals surface area contributed by atoms with Crippen molar-refractivity contribution in [3.63, 3.8) is 0 Å². The van der Waals surface area contributed by atoms with Crippen LogP contribution < -0.4 is 0 Å². The molecule has 0 N–H and O–H groups in total. The number of nitriles is 1. The molecule has 0 atom stereocenters. The Kier molecular flexibility index (Phi) is 3.40. The lowest BCUT2D eigenvalue weighted by atomic mass is 10.0. The summed E-state index contributed by atoms with van der Waals surface area (Å²) in [6, 6.07) is 4.41. The molecule has 0 spiro atoms. The SMILES string of the molecule is CCc1c(C(=O)OC)ccc(C#N)c1F. The highest BCUT2D eigenvalue weighted by Crippen LogP contribution is 2.18. The molecule has 0 saturated carbocycles. The number of rotatable bonds is 2. The zero-order chi connectivity index (χ0) is 11.4. The number of benzene rings is 1. The van der Waals surface area contributed by atoms with Gasteiger partial charge >= 0.3 is 5.97 Å². The first-order valence-corrected chi connectivity index (χ1v) is 4.45. The maximum Gasteiger partial charge on any atom is 0.338 e. The van der Waals surface area contributed by atoms with E-state index in [9.17, 15) is 9.18 Å². The Morgan fingerprint density at radius 2 is 2.27 bits per heavy atom. The molecule has 0 saturated heterocycles. The summed E-state index contributed by atoms with van der Waals surface area (Å²) in [5, 5.41) is 8.62. The molecule has 4 heteroatoms. The first-order valence-electron chi connectivity index (χ1n) is 4.45. The van der Waals surface area contributed by atoms with E-state index in [1.165, 1.54) is 19.2 Å². The third kappa shape index (κ3) is 1.96. The number of nitrogens with zero attached hydrogens (tertiary/aromatic N) is 1. The molecule has 15 heavy (non-hydrogen) atoms. The topological polar surface area (TPSA) is 50.1 Å². The van der Waals surface area contributed by atoms with E-state index < -0.39 is 11.8 Å². The maximum absolute atomic E-state index is 13.6. The van der Waals surface area contributed by atoms with Crippen LogP contribution in [-0.2, 0) is 11.2 Å². The fourth-order valence-electron chi connectivity index (χ4n) is 1.35. The molecule has 0 amide bonds. The van der Waals surface area contributed by atoms with E-state index in [4.69, 9.17) is 5.26 Å². The standard InChI is InChI=1S/C11H10FNO2/c1-3-8-9(11(14)15-2)5-4-7(6-13)10(8)12/h4-5H,3H2,1-2H3. The van der Waals surface area contributed by atoms with Crippen molar-refractivity contribution in [1.29, 1.82) is 5.26 Å². The summed E-state index contributed by atoms with van der Waals surface area (Å²) >= 11 is 0. The highest BCUT2D eigenvalue weighted by molar-refractivity contribution is 5.91. The predicted molar refractivity (Wildman–Crippen MR) is 51.8 cm³/mol. The number of methoxy groups -OCH3 is 1. The predicted octanol–water partition coefficient (Wildman–Crippen LogP) is 2.05. The number of esters is 1. The summed E-state index contributed by atoms with van der Waals surface area (Å²) in [6.45, 7) is 1.71. The second kappa shape index (κ2) is 4.56. The van der Waals surface area contributed by atoms with Gasteiger partial charge in [-0.05, 0) is 18.6 Å². The molecular weight excluding hydrogens is 197 g/mol. The fourth-order valence-corrected chi connectivity index (χ4v) is 1.35. The Balaban J connectivity index is 3.39. The normalized spacial score (nSPS) is 9.47. The van der Waals surface area contributed by atoms with Crippen molar-refractivity contribution >= 4 is 5.97 Å². The molecule has 0 radical (unpaired) electrons. The van der Waals surface area contributed by atoms with E-state index in [0.717, 1.165) is 0 Å². The van der Waals surface area contributed by atoms with Crippen molar-refractivity contribution in [1.82, 2.24) is 0 Å². The summed E-state index contributed by atoms with van der Waals surface area (Å²) in [4.78, 5) is 11.3. The second-order valence-electron chi connectivity index (χ2n) is 2.91. The van der Waals surface area contributed by atoms with Gasteiger partial charge in [0.15, 0.2) is 0 Å². The molecule has 0 aliphatic rings. The summed E-state index contributed by atoms with van der Waals surface area (Å²) < 4.78 is 18.1. The van der Waals surface area contributed by atoms with E-state index in [1.807, 2.05) is 0 Å². The van der Waals surface area contributed by atoms with Gasteiger partial charge in [-0.2, -0.15) is 5.26 Å². The Labute approximate surface area is 87.1 Å². The van der Waals surface area contributed by atoms with Crippen LogP contribution >= 0.6 is 0 Å². The lowest BCUT2D eigenvalue weighted by Crippen LogP contribution is -2.08. The molecule has 0 heterocycles. The van der Waals surface area contributed by atoms with E-state index in [1.54, 1.807) is 13.0 Å². The van der Waals surface area contributed by atoms with Crippen molar-refractivity contribution in [3.05, 3.63) is 34.6 Å². The van der Waals surface area contributed by atoms with Crippen LogP contribution in [0.4, 0.5) is 4.39 Å². The lowest BCUT2D eigenvalue weighted by Gasteiger charge is -2.07. The van der Waals surface area contributed by atoms with Crippen molar-refractivity contribution in [2.24, 2.45) is 0 Å². The highest BCUT2D eigenvalue weighted by Gasteiger charge is 2.17. The molecule has 1 aromatic carbocycles. The van der Waals surface area contributed by atoms with Crippen molar-refractivity contribution in [2.45, 2.75) is 13.3 Å². The van der Waals surface area contributed by atoms with Crippen LogP contribution in [0, 0.1) is 17.1 Å². The molecule has 0 aromatic heterocycles. The lowest BCUT2D eigenvalue weighted by molar-refractivity contribution is 0.0599. The van der Waals surface area contributed by atoms with Crippen LogP contribution in [0.3, 0.4) is 0 Å². The number of halogens is 1.